The summed E-state index contributed by atoms with van der Waals surface area (Å²) in [5.74, 6) is 3.79. The normalized spacial score (nSPS) is 19.5. The first-order valence-electron chi connectivity index (χ1n) is 11.6. The van der Waals surface area contributed by atoms with Crippen LogP contribution < -0.4 is 14.8 Å². The summed E-state index contributed by atoms with van der Waals surface area (Å²) in [5.41, 5.74) is 1.26. The van der Waals surface area contributed by atoms with Crippen molar-refractivity contribution in [3.05, 3.63) is 23.8 Å². The van der Waals surface area contributed by atoms with Gasteiger partial charge in [-0.2, -0.15) is 0 Å². The fraction of sp³-hybridized carbons (Fsp3) is 0.708. The summed E-state index contributed by atoms with van der Waals surface area (Å²) in [4.78, 5) is 7.22. The van der Waals surface area contributed by atoms with Crippen LogP contribution in [0, 0.1) is 5.92 Å². The Morgan fingerprint density at radius 1 is 1.12 bits per heavy atom. The molecular weight excluding hydrogens is 521 g/mol. The van der Waals surface area contributed by atoms with Crippen LogP contribution in [0.1, 0.15) is 44.1 Å². The van der Waals surface area contributed by atoms with E-state index < -0.39 is 0 Å². The van der Waals surface area contributed by atoms with E-state index in [9.17, 15) is 0 Å². The van der Waals surface area contributed by atoms with Crippen molar-refractivity contribution in [3.8, 4) is 11.5 Å². The minimum Gasteiger partial charge on any atom is -0.497 e. The van der Waals surface area contributed by atoms with Crippen LogP contribution in [-0.4, -0.2) is 77.7 Å². The molecule has 2 aliphatic rings. The summed E-state index contributed by atoms with van der Waals surface area (Å²) in [5, 5.41) is 3.46. The van der Waals surface area contributed by atoms with Crippen LogP contribution in [0.4, 0.5) is 0 Å². The van der Waals surface area contributed by atoms with Gasteiger partial charge in [-0.3, -0.25) is 4.99 Å². The Kier molecular flexibility index (Phi) is 12.5. The van der Waals surface area contributed by atoms with E-state index in [0.29, 0.717) is 11.8 Å². The highest BCUT2D eigenvalue weighted by molar-refractivity contribution is 14.0. The topological polar surface area (TPSA) is 64.6 Å². The molecule has 1 atom stereocenters. The Morgan fingerprint density at radius 2 is 1.84 bits per heavy atom. The summed E-state index contributed by atoms with van der Waals surface area (Å²) in [7, 11) is 3.39. The van der Waals surface area contributed by atoms with Gasteiger partial charge in [0, 0.05) is 64.6 Å². The summed E-state index contributed by atoms with van der Waals surface area (Å²) in [6.45, 7) is 9.09. The van der Waals surface area contributed by atoms with Crippen molar-refractivity contribution < 1.29 is 18.9 Å². The van der Waals surface area contributed by atoms with Gasteiger partial charge in [-0.1, -0.05) is 0 Å². The van der Waals surface area contributed by atoms with Gasteiger partial charge in [-0.05, 0) is 56.2 Å². The predicted octanol–water partition coefficient (Wildman–Crippen LogP) is 3.91. The molecule has 0 aromatic heterocycles. The number of benzene rings is 1. The number of guanidine groups is 1. The summed E-state index contributed by atoms with van der Waals surface area (Å²) in [6.07, 6.45) is 4.29. The lowest BCUT2D eigenvalue weighted by Gasteiger charge is -2.22. The van der Waals surface area contributed by atoms with E-state index in [-0.39, 0.29) is 24.0 Å². The maximum Gasteiger partial charge on any atom is 0.193 e. The molecule has 0 spiro atoms. The molecule has 0 saturated carbocycles. The van der Waals surface area contributed by atoms with Gasteiger partial charge in [0.05, 0.1) is 14.2 Å². The lowest BCUT2D eigenvalue weighted by Crippen LogP contribution is -2.40. The quantitative estimate of drug-likeness (QED) is 0.202. The Balaban J connectivity index is 0.00000363. The largest absolute Gasteiger partial charge is 0.497 e. The number of ether oxygens (including phenoxy) is 4. The Hall–Kier alpha value is -1.26. The molecule has 2 aliphatic heterocycles. The summed E-state index contributed by atoms with van der Waals surface area (Å²) in [6, 6.07) is 6.17. The second-order valence-electron chi connectivity index (χ2n) is 8.30. The van der Waals surface area contributed by atoms with Gasteiger partial charge >= 0.3 is 0 Å². The van der Waals surface area contributed by atoms with Gasteiger partial charge in [0.25, 0.3) is 0 Å². The third-order valence-corrected chi connectivity index (χ3v) is 6.07. The fourth-order valence-electron chi connectivity index (χ4n) is 4.23. The van der Waals surface area contributed by atoms with Crippen LogP contribution >= 0.6 is 24.0 Å². The molecule has 32 heavy (non-hydrogen) atoms. The molecule has 3 rings (SSSR count). The van der Waals surface area contributed by atoms with Gasteiger partial charge in [0.1, 0.15) is 11.5 Å². The highest BCUT2D eigenvalue weighted by Crippen LogP contribution is 2.32. The van der Waals surface area contributed by atoms with E-state index in [1.165, 1.54) is 5.56 Å². The van der Waals surface area contributed by atoms with Crippen LogP contribution in [0.15, 0.2) is 23.2 Å². The average molecular weight is 562 g/mol. The minimum absolute atomic E-state index is 0. The number of rotatable bonds is 10. The van der Waals surface area contributed by atoms with Crippen molar-refractivity contribution in [1.29, 1.82) is 0 Å². The van der Waals surface area contributed by atoms with E-state index in [1.54, 1.807) is 14.2 Å². The van der Waals surface area contributed by atoms with Crippen molar-refractivity contribution in [1.82, 2.24) is 10.2 Å². The number of nitrogens with zero attached hydrogens (tertiary/aromatic N) is 2. The van der Waals surface area contributed by atoms with Crippen molar-refractivity contribution in [3.63, 3.8) is 0 Å². The van der Waals surface area contributed by atoms with Crippen molar-refractivity contribution >= 4 is 29.9 Å². The Bertz CT molecular complexity index is 676. The zero-order valence-corrected chi connectivity index (χ0v) is 22.1. The van der Waals surface area contributed by atoms with Crippen molar-refractivity contribution in [2.75, 3.05) is 66.8 Å². The molecule has 0 radical (unpaired) electrons. The van der Waals surface area contributed by atoms with Gasteiger partial charge in [0.15, 0.2) is 5.96 Å². The molecule has 1 N–H and O–H groups in total. The number of aliphatic imine (C=N–C) groups is 1. The number of halogens is 1. The van der Waals surface area contributed by atoms with Crippen LogP contribution in [0.3, 0.4) is 0 Å². The maximum absolute atomic E-state index is 5.88. The SMILES string of the molecule is CCNC(=NCCCOCC1CCOCC1)N1CCC(c2cc(OC)cc(OC)c2)C1.I. The molecule has 1 aromatic carbocycles. The average Bonchev–Trinajstić information content (AvgIpc) is 3.31. The summed E-state index contributed by atoms with van der Waals surface area (Å²) >= 11 is 0. The second-order valence-corrected chi connectivity index (χ2v) is 8.30. The first-order chi connectivity index (χ1) is 15.2. The lowest BCUT2D eigenvalue weighted by atomic mass is 9.98. The second kappa shape index (κ2) is 14.8. The van der Waals surface area contributed by atoms with E-state index in [1.807, 2.05) is 6.07 Å². The molecule has 7 nitrogen and oxygen atoms in total. The number of hydrogen-bond donors (Lipinski definition) is 1. The van der Waals surface area contributed by atoms with Crippen LogP contribution in [0.5, 0.6) is 11.5 Å². The molecule has 2 fully saturated rings. The maximum atomic E-state index is 5.88. The third kappa shape index (κ3) is 8.26. The van der Waals surface area contributed by atoms with Crippen molar-refractivity contribution in [2.24, 2.45) is 10.9 Å². The summed E-state index contributed by atoms with van der Waals surface area (Å²) < 4.78 is 22.2. The molecule has 8 heteroatoms. The molecule has 2 heterocycles. The Morgan fingerprint density at radius 3 is 2.50 bits per heavy atom. The van der Waals surface area contributed by atoms with Crippen LogP contribution in [0.25, 0.3) is 0 Å². The highest BCUT2D eigenvalue weighted by Gasteiger charge is 2.27. The fourth-order valence-corrected chi connectivity index (χ4v) is 4.23. The smallest absolute Gasteiger partial charge is 0.193 e. The first-order valence-corrected chi connectivity index (χ1v) is 11.6. The molecule has 0 aliphatic carbocycles. The number of hydrogen-bond acceptors (Lipinski definition) is 5. The first kappa shape index (κ1) is 27.0. The zero-order valence-electron chi connectivity index (χ0n) is 19.8. The molecular formula is C24H40IN3O4. The minimum atomic E-state index is 0. The van der Waals surface area contributed by atoms with Gasteiger partial charge in [-0.15, -0.1) is 24.0 Å². The molecule has 182 valence electrons. The monoisotopic (exact) mass is 561 g/mol. The van der Waals surface area contributed by atoms with E-state index in [0.717, 1.165) is 95.7 Å². The predicted molar refractivity (Wildman–Crippen MR) is 139 cm³/mol. The third-order valence-electron chi connectivity index (χ3n) is 6.07. The Labute approximate surface area is 210 Å². The van der Waals surface area contributed by atoms with E-state index in [2.05, 4.69) is 29.3 Å². The standard InChI is InChI=1S/C24H39N3O4.HI/c1-4-25-24(26-9-5-11-31-18-19-7-12-30-13-8-19)27-10-6-20(17-27)21-14-22(28-2)16-23(15-21)29-3;/h14-16,19-20H,4-13,17-18H2,1-3H3,(H,25,26);1H. The van der Waals surface area contributed by atoms with Gasteiger partial charge < -0.3 is 29.2 Å². The molecule has 0 bridgehead atoms. The van der Waals surface area contributed by atoms with Crippen molar-refractivity contribution in [2.45, 2.75) is 38.5 Å². The van der Waals surface area contributed by atoms with Crippen LogP contribution in [-0.2, 0) is 9.47 Å². The van der Waals surface area contributed by atoms with E-state index in [4.69, 9.17) is 23.9 Å². The van der Waals surface area contributed by atoms with Gasteiger partial charge in [-0.25, -0.2) is 0 Å². The molecule has 2 saturated heterocycles. The van der Waals surface area contributed by atoms with Gasteiger partial charge in [0.2, 0.25) is 0 Å². The molecule has 1 aromatic rings. The van der Waals surface area contributed by atoms with E-state index >= 15 is 0 Å². The number of nitrogens with one attached hydrogen (secondary N) is 1. The highest BCUT2D eigenvalue weighted by atomic mass is 127. The zero-order chi connectivity index (χ0) is 21.9. The molecule has 1 unspecified atom stereocenters. The molecule has 0 amide bonds. The number of likely N-dealkylation sites (tertiary alicyclic amines) is 1. The number of methoxy groups -OCH3 is 2. The lowest BCUT2D eigenvalue weighted by molar-refractivity contribution is 0.0205. The van der Waals surface area contributed by atoms with Crippen LogP contribution in [0.2, 0.25) is 0 Å².